The number of rotatable bonds is 16. The Kier molecular flexibility index (Phi) is 17.4. The van der Waals surface area contributed by atoms with Crippen molar-refractivity contribution in [1.82, 2.24) is 0 Å². The molecule has 20 heavy (non-hydrogen) atoms. The Bertz CT molecular complexity index is 204. The summed E-state index contributed by atoms with van der Waals surface area (Å²) in [5.41, 5.74) is 0. The number of unbranched alkanes of at least 4 members (excludes halogenated alkanes) is 14. The Morgan fingerprint density at radius 1 is 0.600 bits per heavy atom. The molecule has 1 nitrogen and oxygen atoms in total. The molecule has 0 bridgehead atoms. The summed E-state index contributed by atoms with van der Waals surface area (Å²) in [5.74, 6) is 0. The second-order valence-corrected chi connectivity index (χ2v) is 7.16. The molecular formula is C18H36NSe. The summed E-state index contributed by atoms with van der Waals surface area (Å²) in [6.07, 6.45) is 22.1. The third-order valence-electron chi connectivity index (χ3n) is 4.01. The summed E-state index contributed by atoms with van der Waals surface area (Å²) in [6.45, 7) is 2.29. The fraction of sp³-hybridized carbons (Fsp3) is 0.944. The molecule has 0 saturated heterocycles. The molecule has 0 amide bonds. The predicted molar refractivity (Wildman–Crippen MR) is 93.0 cm³/mol. The van der Waals surface area contributed by atoms with Gasteiger partial charge >= 0.3 is 96.7 Å². The van der Waals surface area contributed by atoms with Crippen molar-refractivity contribution in [2.75, 3.05) is 0 Å². The maximum absolute atomic E-state index is 7.31. The van der Waals surface area contributed by atoms with E-state index in [4.69, 9.17) is 5.41 Å². The van der Waals surface area contributed by atoms with Gasteiger partial charge in [-0.05, 0) is 0 Å². The van der Waals surface area contributed by atoms with Crippen LogP contribution in [0, 0.1) is 5.41 Å². The Morgan fingerprint density at radius 3 is 1.20 bits per heavy atom. The number of nitrogens with one attached hydrogen (secondary N) is 1. The van der Waals surface area contributed by atoms with Gasteiger partial charge in [0.1, 0.15) is 0 Å². The van der Waals surface area contributed by atoms with E-state index < -0.39 is 0 Å². The monoisotopic (exact) mass is 346 g/mol. The van der Waals surface area contributed by atoms with E-state index in [1.807, 2.05) is 0 Å². The van der Waals surface area contributed by atoms with Crippen molar-refractivity contribution in [2.24, 2.45) is 0 Å². The van der Waals surface area contributed by atoms with Crippen LogP contribution in [0.1, 0.15) is 110 Å². The van der Waals surface area contributed by atoms with Crippen LogP contribution in [0.25, 0.3) is 0 Å². The molecule has 0 fully saturated rings. The summed E-state index contributed by atoms with van der Waals surface area (Å²) < 4.78 is 0.722. The van der Waals surface area contributed by atoms with Crippen LogP contribution in [0.2, 0.25) is 0 Å². The first-order valence-electron chi connectivity index (χ1n) is 9.01. The van der Waals surface area contributed by atoms with Crippen molar-refractivity contribution in [1.29, 1.82) is 5.41 Å². The average molecular weight is 345 g/mol. The van der Waals surface area contributed by atoms with E-state index >= 15 is 0 Å². The number of hydrogen-bond donors (Lipinski definition) is 1. The average Bonchev–Trinajstić information content (AvgIpc) is 2.43. The van der Waals surface area contributed by atoms with Crippen LogP contribution in [0.15, 0.2) is 0 Å². The van der Waals surface area contributed by atoms with Gasteiger partial charge in [0, 0.05) is 0 Å². The summed E-state index contributed by atoms with van der Waals surface area (Å²) in [6, 6.07) is 0. The summed E-state index contributed by atoms with van der Waals surface area (Å²) in [7, 11) is 0. The summed E-state index contributed by atoms with van der Waals surface area (Å²) >= 11 is 2.77. The van der Waals surface area contributed by atoms with Crippen molar-refractivity contribution in [3.05, 3.63) is 0 Å². The van der Waals surface area contributed by atoms with Crippen LogP contribution in [-0.2, 0) is 0 Å². The zero-order valence-corrected chi connectivity index (χ0v) is 15.4. The van der Waals surface area contributed by atoms with Gasteiger partial charge in [-0.1, -0.05) is 39.0 Å². The molecule has 0 aromatic heterocycles. The van der Waals surface area contributed by atoms with E-state index in [-0.39, 0.29) is 0 Å². The maximum atomic E-state index is 7.31. The molecule has 119 valence electrons. The first-order chi connectivity index (χ1) is 9.77. The van der Waals surface area contributed by atoms with Gasteiger partial charge in [0.15, 0.2) is 0 Å². The Hall–Kier alpha value is 0.189. The van der Waals surface area contributed by atoms with E-state index in [0.29, 0.717) is 0 Å². The molecule has 0 saturated carbocycles. The summed E-state index contributed by atoms with van der Waals surface area (Å²) in [5, 5.41) is 7.31. The minimum atomic E-state index is 0.722. The fourth-order valence-corrected chi connectivity index (χ4v) is 2.96. The SMILES string of the molecule is CCCCCCCCCCCCCCCCCC(=N)[Se]. The van der Waals surface area contributed by atoms with Crippen molar-refractivity contribution < 1.29 is 0 Å². The fourth-order valence-electron chi connectivity index (χ4n) is 2.66. The van der Waals surface area contributed by atoms with Crippen molar-refractivity contribution in [3.63, 3.8) is 0 Å². The Morgan fingerprint density at radius 2 is 0.900 bits per heavy atom. The van der Waals surface area contributed by atoms with Gasteiger partial charge in [-0.2, -0.15) is 0 Å². The topological polar surface area (TPSA) is 23.9 Å². The van der Waals surface area contributed by atoms with Crippen LogP contribution in [0.5, 0.6) is 0 Å². The van der Waals surface area contributed by atoms with Gasteiger partial charge < -0.3 is 0 Å². The number of hydrogen-bond acceptors (Lipinski definition) is 1. The molecule has 2 heteroatoms. The molecule has 0 atom stereocenters. The normalized spacial score (nSPS) is 10.8. The molecule has 0 aliphatic rings. The minimum absolute atomic E-state index is 0.722. The van der Waals surface area contributed by atoms with E-state index in [2.05, 4.69) is 22.9 Å². The van der Waals surface area contributed by atoms with Gasteiger partial charge in [-0.15, -0.1) is 0 Å². The second-order valence-electron chi connectivity index (χ2n) is 6.12. The molecule has 0 aliphatic heterocycles. The van der Waals surface area contributed by atoms with E-state index in [1.165, 1.54) is 96.3 Å². The first kappa shape index (κ1) is 20.2. The van der Waals surface area contributed by atoms with Crippen LogP contribution in [-0.4, -0.2) is 20.6 Å². The van der Waals surface area contributed by atoms with E-state index in [1.54, 1.807) is 0 Å². The molecule has 0 aliphatic carbocycles. The van der Waals surface area contributed by atoms with Gasteiger partial charge in [0.2, 0.25) is 0 Å². The Labute approximate surface area is 136 Å². The zero-order valence-electron chi connectivity index (χ0n) is 13.7. The van der Waals surface area contributed by atoms with E-state index in [9.17, 15) is 0 Å². The second kappa shape index (κ2) is 17.2. The third kappa shape index (κ3) is 18.2. The first-order valence-corrected chi connectivity index (χ1v) is 9.87. The van der Waals surface area contributed by atoms with Gasteiger partial charge in [-0.3, -0.25) is 0 Å². The molecule has 0 aromatic rings. The molecule has 0 rings (SSSR count). The molecule has 0 spiro atoms. The molecule has 0 aromatic carbocycles. The van der Waals surface area contributed by atoms with Gasteiger partial charge in [0.05, 0.1) is 0 Å². The molecule has 0 unspecified atom stereocenters. The molecule has 1 radical (unpaired) electrons. The van der Waals surface area contributed by atoms with Crippen LogP contribution < -0.4 is 0 Å². The molecule has 1 N–H and O–H groups in total. The standard InChI is InChI=1S/C18H36NSe/c1-2-3-4-5-6-7-8-9-10-11-12-13-14-15-16-17-18(19)20/h19H,2-17H2,1H3. The molecular weight excluding hydrogens is 309 g/mol. The Balaban J connectivity index is 2.94. The van der Waals surface area contributed by atoms with Crippen molar-refractivity contribution in [3.8, 4) is 0 Å². The van der Waals surface area contributed by atoms with Gasteiger partial charge in [0.25, 0.3) is 0 Å². The summed E-state index contributed by atoms with van der Waals surface area (Å²) in [4.78, 5) is 0. The molecule has 0 heterocycles. The van der Waals surface area contributed by atoms with Crippen LogP contribution in [0.4, 0.5) is 0 Å². The van der Waals surface area contributed by atoms with Crippen LogP contribution >= 0.6 is 0 Å². The quantitative estimate of drug-likeness (QED) is 0.190. The van der Waals surface area contributed by atoms with Crippen LogP contribution in [0.3, 0.4) is 0 Å². The van der Waals surface area contributed by atoms with E-state index in [0.717, 1.165) is 11.0 Å². The van der Waals surface area contributed by atoms with Gasteiger partial charge in [-0.25, -0.2) is 0 Å². The zero-order chi connectivity index (χ0) is 14.9. The predicted octanol–water partition coefficient (Wildman–Crippen LogP) is 6.39. The van der Waals surface area contributed by atoms with Crippen molar-refractivity contribution in [2.45, 2.75) is 110 Å². The third-order valence-corrected chi connectivity index (χ3v) is 4.44. The van der Waals surface area contributed by atoms with Crippen molar-refractivity contribution >= 4 is 20.6 Å².